The minimum Gasteiger partial charge on any atom is -0.497 e. The van der Waals surface area contributed by atoms with E-state index in [0.717, 1.165) is 28.3 Å². The largest absolute Gasteiger partial charge is 0.497 e. The molecule has 1 atom stereocenters. The maximum atomic E-state index is 12.9. The number of nitrogens with zero attached hydrogens (tertiary/aromatic N) is 2. The van der Waals surface area contributed by atoms with Crippen LogP contribution < -0.4 is 15.4 Å². The van der Waals surface area contributed by atoms with Crippen LogP contribution in [0, 0.1) is 6.92 Å². The van der Waals surface area contributed by atoms with Crippen LogP contribution in [0.15, 0.2) is 85.2 Å². The number of nitrogens with one attached hydrogen (secondary N) is 2. The first-order valence-corrected chi connectivity index (χ1v) is 10.7. The molecule has 4 rings (SSSR count). The van der Waals surface area contributed by atoms with Crippen LogP contribution in [0.3, 0.4) is 0 Å². The zero-order valence-electron chi connectivity index (χ0n) is 18.9. The first-order valence-electron chi connectivity index (χ1n) is 10.7. The monoisotopic (exact) mass is 438 g/mol. The molecule has 4 aromatic rings. The van der Waals surface area contributed by atoms with E-state index in [4.69, 9.17) is 4.74 Å². The number of methoxy groups -OCH3 is 1. The van der Waals surface area contributed by atoms with Crippen molar-refractivity contribution in [3.63, 3.8) is 0 Å². The van der Waals surface area contributed by atoms with Crippen molar-refractivity contribution in [2.75, 3.05) is 12.4 Å². The minimum atomic E-state index is -0.164. The molecule has 166 valence electrons. The molecule has 0 bridgehead atoms. The summed E-state index contributed by atoms with van der Waals surface area (Å²) in [4.78, 5) is 21.6. The van der Waals surface area contributed by atoms with Gasteiger partial charge in [0.2, 0.25) is 0 Å². The Balaban J connectivity index is 1.48. The van der Waals surface area contributed by atoms with Gasteiger partial charge in [-0.1, -0.05) is 42.0 Å². The van der Waals surface area contributed by atoms with E-state index in [2.05, 4.69) is 39.7 Å². The summed E-state index contributed by atoms with van der Waals surface area (Å²) in [6.07, 6.45) is 1.53. The first-order chi connectivity index (χ1) is 16.0. The standard InChI is InChI=1S/C27H26N4O2/c1-18-7-4-9-21(13-18)25-16-26(29-17-28-25)31-23-11-5-10-22(14-23)27(32)30-19(2)20-8-6-12-24(15-20)33-3/h4-17,19H,1-3H3,(H,30,32)(H,28,29,31)/t19-/m1/s1. The van der Waals surface area contributed by atoms with Crippen LogP contribution >= 0.6 is 0 Å². The number of anilines is 2. The molecule has 1 heterocycles. The van der Waals surface area contributed by atoms with Crippen LogP contribution in [0.4, 0.5) is 11.5 Å². The van der Waals surface area contributed by atoms with Crippen molar-refractivity contribution in [1.29, 1.82) is 0 Å². The Morgan fingerprint density at radius 3 is 2.58 bits per heavy atom. The predicted molar refractivity (Wildman–Crippen MR) is 131 cm³/mol. The number of ether oxygens (including phenoxy) is 1. The van der Waals surface area contributed by atoms with E-state index in [0.29, 0.717) is 11.4 Å². The van der Waals surface area contributed by atoms with Crippen LogP contribution in [0.1, 0.15) is 34.5 Å². The van der Waals surface area contributed by atoms with Crippen LogP contribution in [-0.2, 0) is 0 Å². The summed E-state index contributed by atoms with van der Waals surface area (Å²) in [7, 11) is 1.63. The Morgan fingerprint density at radius 1 is 0.939 bits per heavy atom. The summed E-state index contributed by atoms with van der Waals surface area (Å²) < 4.78 is 5.28. The Kier molecular flexibility index (Phi) is 6.64. The molecule has 0 unspecified atom stereocenters. The fourth-order valence-corrected chi connectivity index (χ4v) is 3.55. The topological polar surface area (TPSA) is 76.1 Å². The summed E-state index contributed by atoms with van der Waals surface area (Å²) >= 11 is 0. The van der Waals surface area contributed by atoms with Gasteiger partial charge in [-0.25, -0.2) is 9.97 Å². The lowest BCUT2D eigenvalue weighted by Gasteiger charge is -2.16. The van der Waals surface area contributed by atoms with Gasteiger partial charge >= 0.3 is 0 Å². The van der Waals surface area contributed by atoms with Gasteiger partial charge in [0.15, 0.2) is 0 Å². The van der Waals surface area contributed by atoms with Crippen molar-refractivity contribution >= 4 is 17.4 Å². The number of carbonyl (C=O) groups excluding carboxylic acids is 1. The van der Waals surface area contributed by atoms with Gasteiger partial charge in [-0.3, -0.25) is 4.79 Å². The lowest BCUT2D eigenvalue weighted by atomic mass is 10.1. The maximum Gasteiger partial charge on any atom is 0.251 e. The molecular formula is C27H26N4O2. The van der Waals surface area contributed by atoms with E-state index >= 15 is 0 Å². The highest BCUT2D eigenvalue weighted by molar-refractivity contribution is 5.95. The van der Waals surface area contributed by atoms with Crippen molar-refractivity contribution in [1.82, 2.24) is 15.3 Å². The summed E-state index contributed by atoms with van der Waals surface area (Å²) in [6.45, 7) is 4.00. The number of amides is 1. The number of aromatic nitrogens is 2. The maximum absolute atomic E-state index is 12.9. The number of benzene rings is 3. The molecule has 2 N–H and O–H groups in total. The quantitative estimate of drug-likeness (QED) is 0.387. The van der Waals surface area contributed by atoms with Gasteiger partial charge in [-0.05, 0) is 55.8 Å². The van der Waals surface area contributed by atoms with Gasteiger partial charge in [0.25, 0.3) is 5.91 Å². The summed E-state index contributed by atoms with van der Waals surface area (Å²) in [5.74, 6) is 1.26. The Bertz CT molecular complexity index is 1270. The fraction of sp³-hybridized carbons (Fsp3) is 0.148. The van der Waals surface area contributed by atoms with Crippen molar-refractivity contribution < 1.29 is 9.53 Å². The summed E-state index contributed by atoms with van der Waals surface area (Å²) in [6, 6.07) is 24.9. The van der Waals surface area contributed by atoms with Crippen molar-refractivity contribution in [2.24, 2.45) is 0 Å². The Hall–Kier alpha value is -4.19. The van der Waals surface area contributed by atoms with Crippen LogP contribution in [-0.4, -0.2) is 23.0 Å². The molecule has 0 aliphatic heterocycles. The molecule has 0 aliphatic rings. The van der Waals surface area contributed by atoms with Crippen LogP contribution in [0.5, 0.6) is 5.75 Å². The molecule has 1 aromatic heterocycles. The molecular weight excluding hydrogens is 412 g/mol. The minimum absolute atomic E-state index is 0.155. The molecule has 0 saturated heterocycles. The molecule has 0 fully saturated rings. The zero-order chi connectivity index (χ0) is 23.2. The lowest BCUT2D eigenvalue weighted by Crippen LogP contribution is -2.26. The zero-order valence-corrected chi connectivity index (χ0v) is 18.9. The van der Waals surface area contributed by atoms with Crippen LogP contribution in [0.25, 0.3) is 11.3 Å². The van der Waals surface area contributed by atoms with Crippen molar-refractivity contribution in [3.05, 3.63) is 102 Å². The van der Waals surface area contributed by atoms with E-state index in [1.807, 2.05) is 67.6 Å². The van der Waals surface area contributed by atoms with Gasteiger partial charge in [-0.2, -0.15) is 0 Å². The highest BCUT2D eigenvalue weighted by atomic mass is 16.5. The van der Waals surface area contributed by atoms with Gasteiger partial charge in [0.1, 0.15) is 17.9 Å². The highest BCUT2D eigenvalue weighted by Crippen LogP contribution is 2.23. The van der Waals surface area contributed by atoms with Gasteiger partial charge < -0.3 is 15.4 Å². The molecule has 33 heavy (non-hydrogen) atoms. The van der Waals surface area contributed by atoms with E-state index in [9.17, 15) is 4.79 Å². The molecule has 6 nitrogen and oxygen atoms in total. The van der Waals surface area contributed by atoms with Gasteiger partial charge in [0, 0.05) is 22.9 Å². The average molecular weight is 439 g/mol. The van der Waals surface area contributed by atoms with E-state index in [-0.39, 0.29) is 11.9 Å². The van der Waals surface area contributed by atoms with E-state index < -0.39 is 0 Å². The first kappa shape index (κ1) is 22.0. The molecule has 0 saturated carbocycles. The average Bonchev–Trinajstić information content (AvgIpc) is 2.84. The smallest absolute Gasteiger partial charge is 0.251 e. The molecule has 0 spiro atoms. The van der Waals surface area contributed by atoms with E-state index in [1.54, 1.807) is 13.2 Å². The van der Waals surface area contributed by atoms with Crippen LogP contribution in [0.2, 0.25) is 0 Å². The second-order valence-corrected chi connectivity index (χ2v) is 7.84. The predicted octanol–water partition coefficient (Wildman–Crippen LogP) is 5.70. The molecule has 0 radical (unpaired) electrons. The second-order valence-electron chi connectivity index (χ2n) is 7.84. The normalized spacial score (nSPS) is 11.5. The second kappa shape index (κ2) is 9.96. The van der Waals surface area contributed by atoms with Crippen molar-refractivity contribution in [2.45, 2.75) is 19.9 Å². The lowest BCUT2D eigenvalue weighted by molar-refractivity contribution is 0.0940. The van der Waals surface area contributed by atoms with Gasteiger partial charge in [0.05, 0.1) is 18.8 Å². The third-order valence-corrected chi connectivity index (χ3v) is 5.32. The SMILES string of the molecule is COc1cccc([C@@H](C)NC(=O)c2cccc(Nc3cc(-c4cccc(C)c4)ncn3)c2)c1. The van der Waals surface area contributed by atoms with Crippen molar-refractivity contribution in [3.8, 4) is 17.0 Å². The summed E-state index contributed by atoms with van der Waals surface area (Å²) in [5.41, 5.74) is 5.33. The molecule has 0 aliphatic carbocycles. The fourth-order valence-electron chi connectivity index (χ4n) is 3.55. The number of hydrogen-bond donors (Lipinski definition) is 2. The number of aryl methyl sites for hydroxylation is 1. The number of rotatable bonds is 7. The van der Waals surface area contributed by atoms with Gasteiger partial charge in [-0.15, -0.1) is 0 Å². The Labute approximate surface area is 193 Å². The highest BCUT2D eigenvalue weighted by Gasteiger charge is 2.13. The third kappa shape index (κ3) is 5.54. The number of carbonyl (C=O) groups is 1. The summed E-state index contributed by atoms with van der Waals surface area (Å²) in [5, 5.41) is 6.32. The molecule has 3 aromatic carbocycles. The molecule has 1 amide bonds. The van der Waals surface area contributed by atoms with E-state index in [1.165, 1.54) is 11.9 Å². The molecule has 6 heteroatoms. The Morgan fingerprint density at radius 2 is 1.76 bits per heavy atom. The third-order valence-electron chi connectivity index (χ3n) is 5.32. The number of hydrogen-bond acceptors (Lipinski definition) is 5.